The predicted octanol–water partition coefficient (Wildman–Crippen LogP) is 3.79. The predicted molar refractivity (Wildman–Crippen MR) is 80.6 cm³/mol. The maximum atomic E-state index is 6.08. The monoisotopic (exact) mass is 282 g/mol. The molecule has 1 aromatic rings. The molecule has 1 aromatic heterocycles. The van der Waals surface area contributed by atoms with E-state index < -0.39 is 0 Å². The number of rotatable bonds is 7. The second kappa shape index (κ2) is 6.82. The van der Waals surface area contributed by atoms with Crippen LogP contribution in [0.25, 0.3) is 0 Å². The average Bonchev–Trinajstić information content (AvgIpc) is 3.05. The summed E-state index contributed by atoms with van der Waals surface area (Å²) in [6, 6.07) is 0. The quantitative estimate of drug-likeness (QED) is 0.827. The lowest BCUT2D eigenvalue weighted by molar-refractivity contribution is -0.0392. The van der Waals surface area contributed by atoms with Gasteiger partial charge in [-0.05, 0) is 26.2 Å². The topological polar surface area (TPSA) is 48.1 Å². The molecule has 2 N–H and O–H groups in total. The molecule has 0 radical (unpaired) electrons. The summed E-state index contributed by atoms with van der Waals surface area (Å²) >= 11 is 1.76. The molecule has 1 saturated carbocycles. The third-order valence-electron chi connectivity index (χ3n) is 4.08. The van der Waals surface area contributed by atoms with Crippen LogP contribution in [0.1, 0.15) is 69.0 Å². The molecule has 19 heavy (non-hydrogen) atoms. The second-order valence-corrected chi connectivity index (χ2v) is 6.29. The fraction of sp³-hybridized carbons (Fsp3) is 0.800. The summed E-state index contributed by atoms with van der Waals surface area (Å²) in [6.07, 6.45) is 7.03. The molecule has 0 bridgehead atoms. The molecule has 1 fully saturated rings. The fourth-order valence-corrected chi connectivity index (χ4v) is 4.17. The SMILES string of the molecule is CCCC(CN)c1csc(C2(OCC)CCCC2)n1. The zero-order chi connectivity index (χ0) is 13.7. The largest absolute Gasteiger partial charge is 0.368 e. The van der Waals surface area contributed by atoms with Crippen molar-refractivity contribution in [3.63, 3.8) is 0 Å². The van der Waals surface area contributed by atoms with Crippen molar-refractivity contribution in [2.75, 3.05) is 13.2 Å². The molecule has 4 heteroatoms. The van der Waals surface area contributed by atoms with Crippen LogP contribution in [0.5, 0.6) is 0 Å². The van der Waals surface area contributed by atoms with Gasteiger partial charge in [0, 0.05) is 24.4 Å². The molecular formula is C15H26N2OS. The fourth-order valence-electron chi connectivity index (χ4n) is 3.06. The summed E-state index contributed by atoms with van der Waals surface area (Å²) in [4.78, 5) is 4.89. The first kappa shape index (κ1) is 14.9. The van der Waals surface area contributed by atoms with Crippen LogP contribution in [0.3, 0.4) is 0 Å². The normalized spacial score (nSPS) is 19.7. The van der Waals surface area contributed by atoms with Gasteiger partial charge in [-0.25, -0.2) is 4.98 Å². The Hall–Kier alpha value is -0.450. The molecule has 1 heterocycles. The lowest BCUT2D eigenvalue weighted by Crippen LogP contribution is -2.26. The van der Waals surface area contributed by atoms with Crippen molar-refractivity contribution in [1.29, 1.82) is 0 Å². The van der Waals surface area contributed by atoms with Crippen molar-refractivity contribution in [2.24, 2.45) is 5.73 Å². The molecule has 3 nitrogen and oxygen atoms in total. The number of hydrogen-bond donors (Lipinski definition) is 1. The minimum Gasteiger partial charge on any atom is -0.368 e. The number of ether oxygens (including phenoxy) is 1. The molecule has 0 aliphatic heterocycles. The standard InChI is InChI=1S/C15H26N2OS/c1-3-7-12(10-16)13-11-19-14(17-13)15(18-4-2)8-5-6-9-15/h11-12H,3-10,16H2,1-2H3. The van der Waals surface area contributed by atoms with Gasteiger partial charge in [-0.3, -0.25) is 0 Å². The number of aromatic nitrogens is 1. The second-order valence-electron chi connectivity index (χ2n) is 5.43. The maximum absolute atomic E-state index is 6.08. The Morgan fingerprint density at radius 3 is 2.74 bits per heavy atom. The highest BCUT2D eigenvalue weighted by Crippen LogP contribution is 2.43. The minimum atomic E-state index is -0.0942. The van der Waals surface area contributed by atoms with Gasteiger partial charge in [0.15, 0.2) is 0 Å². The van der Waals surface area contributed by atoms with Crippen LogP contribution in [0.2, 0.25) is 0 Å². The first-order valence-electron chi connectivity index (χ1n) is 7.55. The summed E-state index contributed by atoms with van der Waals surface area (Å²) in [6.45, 7) is 5.74. The van der Waals surface area contributed by atoms with E-state index in [0.29, 0.717) is 12.5 Å². The van der Waals surface area contributed by atoms with E-state index in [-0.39, 0.29) is 5.60 Å². The minimum absolute atomic E-state index is 0.0942. The Labute approximate surface area is 120 Å². The van der Waals surface area contributed by atoms with Gasteiger partial charge in [0.2, 0.25) is 0 Å². The molecule has 0 aromatic carbocycles. The Bertz CT molecular complexity index is 385. The van der Waals surface area contributed by atoms with E-state index in [9.17, 15) is 0 Å². The van der Waals surface area contributed by atoms with Crippen LogP contribution in [0, 0.1) is 0 Å². The van der Waals surface area contributed by atoms with Crippen LogP contribution >= 0.6 is 11.3 Å². The van der Waals surface area contributed by atoms with Crippen molar-refractivity contribution in [3.8, 4) is 0 Å². The van der Waals surface area contributed by atoms with E-state index in [4.69, 9.17) is 15.5 Å². The van der Waals surface area contributed by atoms with Gasteiger partial charge in [-0.2, -0.15) is 0 Å². The zero-order valence-corrected chi connectivity index (χ0v) is 13.0. The Kier molecular flexibility index (Phi) is 5.37. The van der Waals surface area contributed by atoms with Crippen molar-refractivity contribution in [2.45, 2.75) is 63.9 Å². The highest BCUT2D eigenvalue weighted by molar-refractivity contribution is 7.09. The van der Waals surface area contributed by atoms with Gasteiger partial charge >= 0.3 is 0 Å². The molecule has 1 atom stereocenters. The number of nitrogens with zero attached hydrogens (tertiary/aromatic N) is 1. The van der Waals surface area contributed by atoms with Crippen molar-refractivity contribution < 1.29 is 4.74 Å². The highest BCUT2D eigenvalue weighted by atomic mass is 32.1. The van der Waals surface area contributed by atoms with Crippen LogP contribution in [0.15, 0.2) is 5.38 Å². The van der Waals surface area contributed by atoms with Gasteiger partial charge < -0.3 is 10.5 Å². The van der Waals surface area contributed by atoms with Crippen molar-refractivity contribution in [3.05, 3.63) is 16.1 Å². The molecule has 1 aliphatic carbocycles. The summed E-state index contributed by atoms with van der Waals surface area (Å²) in [5.74, 6) is 0.412. The zero-order valence-electron chi connectivity index (χ0n) is 12.2. The lowest BCUT2D eigenvalue weighted by Gasteiger charge is -2.26. The van der Waals surface area contributed by atoms with Crippen LogP contribution in [-0.2, 0) is 10.3 Å². The summed E-state index contributed by atoms with van der Waals surface area (Å²) in [5.41, 5.74) is 6.96. The molecule has 0 spiro atoms. The molecular weight excluding hydrogens is 256 g/mol. The van der Waals surface area contributed by atoms with E-state index >= 15 is 0 Å². The third kappa shape index (κ3) is 3.18. The number of thiazole rings is 1. The highest BCUT2D eigenvalue weighted by Gasteiger charge is 2.39. The first-order valence-corrected chi connectivity index (χ1v) is 8.43. The van der Waals surface area contributed by atoms with Crippen LogP contribution in [-0.4, -0.2) is 18.1 Å². The molecule has 0 saturated heterocycles. The van der Waals surface area contributed by atoms with Gasteiger partial charge in [-0.15, -0.1) is 11.3 Å². The Balaban J connectivity index is 2.18. The smallest absolute Gasteiger partial charge is 0.125 e. The van der Waals surface area contributed by atoms with Gasteiger partial charge in [0.05, 0.1) is 5.69 Å². The molecule has 1 aliphatic rings. The van der Waals surface area contributed by atoms with Crippen molar-refractivity contribution >= 4 is 11.3 Å². The summed E-state index contributed by atoms with van der Waals surface area (Å²) < 4.78 is 6.08. The van der Waals surface area contributed by atoms with Crippen LogP contribution < -0.4 is 5.73 Å². The van der Waals surface area contributed by atoms with Crippen LogP contribution in [0.4, 0.5) is 0 Å². The summed E-state index contributed by atoms with van der Waals surface area (Å²) in [5, 5.41) is 3.37. The summed E-state index contributed by atoms with van der Waals surface area (Å²) in [7, 11) is 0. The molecule has 0 amide bonds. The van der Waals surface area contributed by atoms with Gasteiger partial charge in [0.1, 0.15) is 10.6 Å². The molecule has 2 rings (SSSR count). The van der Waals surface area contributed by atoms with E-state index in [1.807, 2.05) is 0 Å². The Morgan fingerprint density at radius 1 is 1.42 bits per heavy atom. The number of nitrogens with two attached hydrogens (primary N) is 1. The van der Waals surface area contributed by atoms with E-state index in [0.717, 1.165) is 32.3 Å². The lowest BCUT2D eigenvalue weighted by atomic mass is 10.00. The average molecular weight is 282 g/mol. The van der Waals surface area contributed by atoms with E-state index in [1.54, 1.807) is 11.3 Å². The van der Waals surface area contributed by atoms with Gasteiger partial charge in [0.25, 0.3) is 0 Å². The molecule has 1 unspecified atom stereocenters. The van der Waals surface area contributed by atoms with Crippen molar-refractivity contribution in [1.82, 2.24) is 4.98 Å². The first-order chi connectivity index (χ1) is 9.25. The van der Waals surface area contributed by atoms with Gasteiger partial charge in [-0.1, -0.05) is 26.2 Å². The molecule has 108 valence electrons. The maximum Gasteiger partial charge on any atom is 0.125 e. The number of hydrogen-bond acceptors (Lipinski definition) is 4. The third-order valence-corrected chi connectivity index (χ3v) is 5.13. The Morgan fingerprint density at radius 2 is 2.16 bits per heavy atom. The van der Waals surface area contributed by atoms with E-state index in [2.05, 4.69) is 19.2 Å². The van der Waals surface area contributed by atoms with E-state index in [1.165, 1.54) is 23.5 Å².